The van der Waals surface area contributed by atoms with E-state index in [9.17, 15) is 5.11 Å². The fraction of sp³-hybridized carbons (Fsp3) is 1.00. The number of hydrogen-bond acceptors (Lipinski definition) is 3. The summed E-state index contributed by atoms with van der Waals surface area (Å²) in [4.78, 5) is 2.44. The summed E-state index contributed by atoms with van der Waals surface area (Å²) in [7, 11) is 0. The average Bonchev–Trinajstić information content (AvgIpc) is 2.56. The van der Waals surface area contributed by atoms with Crippen LogP contribution in [0, 0.1) is 11.3 Å². The number of rotatable bonds is 5. The first-order valence-corrected chi connectivity index (χ1v) is 8.00. The van der Waals surface area contributed by atoms with Gasteiger partial charge in [-0.3, -0.25) is 4.90 Å². The van der Waals surface area contributed by atoms with Crippen LogP contribution in [0.4, 0.5) is 0 Å². The van der Waals surface area contributed by atoms with E-state index >= 15 is 0 Å². The van der Waals surface area contributed by atoms with Gasteiger partial charge < -0.3 is 10.8 Å². The van der Waals surface area contributed by atoms with Crippen LogP contribution in [0.2, 0.25) is 0 Å². The minimum absolute atomic E-state index is 0.0280. The first-order valence-electron chi connectivity index (χ1n) is 8.00. The van der Waals surface area contributed by atoms with E-state index < -0.39 is 0 Å². The summed E-state index contributed by atoms with van der Waals surface area (Å²) in [6.45, 7) is 11.1. The van der Waals surface area contributed by atoms with Crippen LogP contribution in [-0.4, -0.2) is 41.8 Å². The molecule has 3 unspecified atom stereocenters. The van der Waals surface area contributed by atoms with Crippen molar-refractivity contribution in [1.82, 2.24) is 4.90 Å². The molecule has 1 rings (SSSR count). The first-order chi connectivity index (χ1) is 8.90. The zero-order chi connectivity index (χ0) is 14.5. The van der Waals surface area contributed by atoms with Crippen LogP contribution in [0.5, 0.6) is 0 Å². The fourth-order valence-corrected chi connectivity index (χ4v) is 3.25. The molecule has 1 heterocycles. The minimum atomic E-state index is 0.0280. The molecule has 0 aromatic heterocycles. The molecule has 3 heteroatoms. The number of aliphatic hydroxyl groups is 1. The highest BCUT2D eigenvalue weighted by atomic mass is 16.3. The summed E-state index contributed by atoms with van der Waals surface area (Å²) >= 11 is 0. The zero-order valence-corrected chi connectivity index (χ0v) is 13.4. The lowest BCUT2D eigenvalue weighted by Gasteiger charge is -2.39. The van der Waals surface area contributed by atoms with Gasteiger partial charge in [-0.2, -0.15) is 0 Å². The van der Waals surface area contributed by atoms with Crippen molar-refractivity contribution in [2.45, 2.75) is 71.9 Å². The molecular formula is C16H34N2O. The van der Waals surface area contributed by atoms with Crippen LogP contribution < -0.4 is 5.73 Å². The second-order valence-corrected chi connectivity index (χ2v) is 7.26. The third-order valence-electron chi connectivity index (χ3n) is 4.65. The van der Waals surface area contributed by atoms with Crippen LogP contribution >= 0.6 is 0 Å². The van der Waals surface area contributed by atoms with Crippen molar-refractivity contribution in [3.8, 4) is 0 Å². The van der Waals surface area contributed by atoms with E-state index in [0.717, 1.165) is 19.0 Å². The summed E-state index contributed by atoms with van der Waals surface area (Å²) in [5.74, 6) is 0.875. The van der Waals surface area contributed by atoms with Crippen LogP contribution in [0.25, 0.3) is 0 Å². The Morgan fingerprint density at radius 3 is 2.47 bits per heavy atom. The smallest absolute Gasteiger partial charge is 0.0602 e. The number of aliphatic hydroxyl groups excluding tert-OH is 1. The molecule has 1 fully saturated rings. The van der Waals surface area contributed by atoms with Crippen molar-refractivity contribution in [3.63, 3.8) is 0 Å². The SMILES string of the molecule is CCCC1CCCN(C(CO)C(N)C(C)(C)C)CC1. The van der Waals surface area contributed by atoms with Crippen LogP contribution in [0.3, 0.4) is 0 Å². The lowest BCUT2D eigenvalue weighted by molar-refractivity contribution is 0.0723. The molecule has 19 heavy (non-hydrogen) atoms. The molecule has 3 nitrogen and oxygen atoms in total. The van der Waals surface area contributed by atoms with E-state index in [2.05, 4.69) is 32.6 Å². The Morgan fingerprint density at radius 2 is 1.95 bits per heavy atom. The van der Waals surface area contributed by atoms with Crippen molar-refractivity contribution in [1.29, 1.82) is 0 Å². The summed E-state index contributed by atoms with van der Waals surface area (Å²) < 4.78 is 0. The van der Waals surface area contributed by atoms with E-state index in [1.165, 1.54) is 32.1 Å². The Balaban J connectivity index is 2.62. The van der Waals surface area contributed by atoms with Gasteiger partial charge in [-0.15, -0.1) is 0 Å². The normalized spacial score (nSPS) is 25.9. The van der Waals surface area contributed by atoms with Gasteiger partial charge in [-0.05, 0) is 43.7 Å². The average molecular weight is 270 g/mol. The molecule has 0 radical (unpaired) electrons. The number of nitrogens with two attached hydrogens (primary N) is 1. The van der Waals surface area contributed by atoms with Crippen LogP contribution in [0.1, 0.15) is 59.8 Å². The highest BCUT2D eigenvalue weighted by Crippen LogP contribution is 2.27. The third-order valence-corrected chi connectivity index (χ3v) is 4.65. The van der Waals surface area contributed by atoms with E-state index in [1.807, 2.05) is 0 Å². The van der Waals surface area contributed by atoms with Gasteiger partial charge in [0.1, 0.15) is 0 Å². The molecule has 1 aliphatic rings. The van der Waals surface area contributed by atoms with Crippen molar-refractivity contribution >= 4 is 0 Å². The molecule has 1 saturated heterocycles. The second kappa shape index (κ2) is 7.61. The Labute approximate surface area is 119 Å². The monoisotopic (exact) mass is 270 g/mol. The third kappa shape index (κ3) is 5.05. The molecule has 0 aromatic rings. The lowest BCUT2D eigenvalue weighted by atomic mass is 9.82. The summed E-state index contributed by atoms with van der Waals surface area (Å²) in [6, 6.07) is 0.139. The molecule has 0 spiro atoms. The highest BCUT2D eigenvalue weighted by Gasteiger charge is 2.33. The van der Waals surface area contributed by atoms with Gasteiger partial charge in [0, 0.05) is 12.1 Å². The molecule has 3 atom stereocenters. The standard InChI is InChI=1S/C16H34N2O/c1-5-7-13-8-6-10-18(11-9-13)14(12-19)15(17)16(2,3)4/h13-15,19H,5-12,17H2,1-4H3. The first kappa shape index (κ1) is 16.9. The summed E-state index contributed by atoms with van der Waals surface area (Å²) in [5, 5.41) is 9.75. The van der Waals surface area contributed by atoms with E-state index in [1.54, 1.807) is 0 Å². The molecule has 0 amide bonds. The molecular weight excluding hydrogens is 236 g/mol. The molecule has 3 N–H and O–H groups in total. The van der Waals surface area contributed by atoms with E-state index in [0.29, 0.717) is 0 Å². The number of hydrogen-bond donors (Lipinski definition) is 2. The Kier molecular flexibility index (Phi) is 6.78. The summed E-state index contributed by atoms with van der Waals surface area (Å²) in [5.41, 5.74) is 6.42. The molecule has 1 aliphatic heterocycles. The van der Waals surface area contributed by atoms with Gasteiger partial charge in [-0.1, -0.05) is 40.5 Å². The Hall–Kier alpha value is -0.120. The predicted molar refractivity (Wildman–Crippen MR) is 82.1 cm³/mol. The van der Waals surface area contributed by atoms with Gasteiger partial charge >= 0.3 is 0 Å². The molecule has 0 aromatic carbocycles. The lowest BCUT2D eigenvalue weighted by Crippen LogP contribution is -2.55. The van der Waals surface area contributed by atoms with Crippen molar-refractivity contribution in [2.75, 3.05) is 19.7 Å². The number of likely N-dealkylation sites (tertiary alicyclic amines) is 1. The topological polar surface area (TPSA) is 49.5 Å². The number of nitrogens with zero attached hydrogens (tertiary/aromatic N) is 1. The Morgan fingerprint density at radius 1 is 1.26 bits per heavy atom. The zero-order valence-electron chi connectivity index (χ0n) is 13.4. The second-order valence-electron chi connectivity index (χ2n) is 7.26. The van der Waals surface area contributed by atoms with Gasteiger partial charge in [0.15, 0.2) is 0 Å². The quantitative estimate of drug-likeness (QED) is 0.807. The molecule has 0 aliphatic carbocycles. The van der Waals surface area contributed by atoms with Crippen molar-refractivity contribution in [3.05, 3.63) is 0 Å². The van der Waals surface area contributed by atoms with Gasteiger partial charge in [-0.25, -0.2) is 0 Å². The van der Waals surface area contributed by atoms with Crippen molar-refractivity contribution in [2.24, 2.45) is 17.1 Å². The van der Waals surface area contributed by atoms with Gasteiger partial charge in [0.05, 0.1) is 6.61 Å². The van der Waals surface area contributed by atoms with Crippen LogP contribution in [0.15, 0.2) is 0 Å². The largest absolute Gasteiger partial charge is 0.395 e. The predicted octanol–water partition coefficient (Wildman–Crippen LogP) is 2.62. The van der Waals surface area contributed by atoms with E-state index in [-0.39, 0.29) is 24.1 Å². The molecule has 114 valence electrons. The maximum atomic E-state index is 9.75. The summed E-state index contributed by atoms with van der Waals surface area (Å²) in [6.07, 6.45) is 6.49. The van der Waals surface area contributed by atoms with Crippen molar-refractivity contribution < 1.29 is 5.11 Å². The van der Waals surface area contributed by atoms with Gasteiger partial charge in [0.25, 0.3) is 0 Å². The molecule has 0 bridgehead atoms. The van der Waals surface area contributed by atoms with E-state index in [4.69, 9.17) is 5.73 Å². The van der Waals surface area contributed by atoms with Crippen LogP contribution in [-0.2, 0) is 0 Å². The maximum Gasteiger partial charge on any atom is 0.0602 e. The Bertz CT molecular complexity index is 250. The highest BCUT2D eigenvalue weighted by molar-refractivity contribution is 4.90. The molecule has 0 saturated carbocycles. The minimum Gasteiger partial charge on any atom is -0.395 e. The maximum absolute atomic E-state index is 9.75. The fourth-order valence-electron chi connectivity index (χ4n) is 3.25. The van der Waals surface area contributed by atoms with Gasteiger partial charge in [0.2, 0.25) is 0 Å².